The number of aromatic nitrogens is 3. The zero-order chi connectivity index (χ0) is 20.6. The topological polar surface area (TPSA) is 120 Å². The number of amides is 1. The average Bonchev–Trinajstić information content (AvgIpc) is 3.29. The zero-order valence-electron chi connectivity index (χ0n) is 16.1. The van der Waals surface area contributed by atoms with Gasteiger partial charge in [0.1, 0.15) is 0 Å². The van der Waals surface area contributed by atoms with Crippen LogP contribution in [0.1, 0.15) is 56.5 Å². The van der Waals surface area contributed by atoms with Crippen LogP contribution in [0.4, 0.5) is 5.13 Å². The van der Waals surface area contributed by atoms with Gasteiger partial charge in [-0.2, -0.15) is 5.10 Å². The minimum absolute atomic E-state index is 0.0326. The van der Waals surface area contributed by atoms with Crippen LogP contribution >= 0.6 is 11.3 Å². The van der Waals surface area contributed by atoms with E-state index in [-0.39, 0.29) is 23.2 Å². The van der Waals surface area contributed by atoms with Crippen molar-refractivity contribution in [1.29, 1.82) is 0 Å². The fraction of sp³-hybridized carbons (Fsp3) is 0.529. The minimum Gasteiger partial charge on any atom is -0.464 e. The lowest BCUT2D eigenvalue weighted by molar-refractivity contribution is 0.0593. The molecule has 0 radical (unpaired) electrons. The lowest BCUT2D eigenvalue weighted by Crippen LogP contribution is -2.16. The van der Waals surface area contributed by atoms with Crippen LogP contribution in [0, 0.1) is 13.8 Å². The number of rotatable bonds is 5. The van der Waals surface area contributed by atoms with Crippen molar-refractivity contribution in [2.45, 2.75) is 39.7 Å². The molecule has 1 fully saturated rings. The summed E-state index contributed by atoms with van der Waals surface area (Å²) in [5.74, 6) is -0.774. The highest BCUT2D eigenvalue weighted by atomic mass is 32.2. The molecular formula is C17H22N4O5S2. The molecule has 2 aromatic heterocycles. The van der Waals surface area contributed by atoms with E-state index in [1.165, 1.54) is 18.4 Å². The molecule has 1 aliphatic heterocycles. The molecule has 1 saturated heterocycles. The van der Waals surface area contributed by atoms with Crippen LogP contribution in [0.2, 0.25) is 0 Å². The van der Waals surface area contributed by atoms with E-state index in [1.807, 2.05) is 6.92 Å². The van der Waals surface area contributed by atoms with Crippen LogP contribution in [-0.2, 0) is 21.0 Å². The highest BCUT2D eigenvalue weighted by Crippen LogP contribution is 2.28. The molecule has 28 heavy (non-hydrogen) atoms. The maximum atomic E-state index is 12.8. The summed E-state index contributed by atoms with van der Waals surface area (Å²) < 4.78 is 29.9. The third kappa shape index (κ3) is 3.81. The van der Waals surface area contributed by atoms with Crippen molar-refractivity contribution in [2.75, 3.05) is 23.9 Å². The summed E-state index contributed by atoms with van der Waals surface area (Å²) in [5.41, 5.74) is 1.71. The van der Waals surface area contributed by atoms with Crippen LogP contribution in [0.25, 0.3) is 0 Å². The SMILES string of the molecule is CCc1sc(NC(=O)c2c(C)nn(C3CCS(=O)(=O)C3)c2C)nc1C(=O)OC. The number of esters is 1. The van der Waals surface area contributed by atoms with E-state index in [2.05, 4.69) is 15.4 Å². The average molecular weight is 427 g/mol. The van der Waals surface area contributed by atoms with Crippen LogP contribution in [0.3, 0.4) is 0 Å². The van der Waals surface area contributed by atoms with Gasteiger partial charge in [0, 0.05) is 10.6 Å². The van der Waals surface area contributed by atoms with E-state index in [0.29, 0.717) is 34.9 Å². The Morgan fingerprint density at radius 2 is 2.07 bits per heavy atom. The summed E-state index contributed by atoms with van der Waals surface area (Å²) in [6, 6.07) is -0.261. The second-order valence-electron chi connectivity index (χ2n) is 6.64. The van der Waals surface area contributed by atoms with Crippen molar-refractivity contribution in [1.82, 2.24) is 14.8 Å². The summed E-state index contributed by atoms with van der Waals surface area (Å²) in [5, 5.41) is 7.43. The number of aryl methyl sites for hydroxylation is 2. The molecule has 1 amide bonds. The van der Waals surface area contributed by atoms with Crippen molar-refractivity contribution in [2.24, 2.45) is 0 Å². The molecule has 11 heteroatoms. The molecule has 9 nitrogen and oxygen atoms in total. The van der Waals surface area contributed by atoms with Gasteiger partial charge in [0.15, 0.2) is 20.7 Å². The fourth-order valence-corrected chi connectivity index (χ4v) is 5.95. The number of carbonyl (C=O) groups excluding carboxylic acids is 2. The Morgan fingerprint density at radius 3 is 2.64 bits per heavy atom. The first-order chi connectivity index (χ1) is 13.2. The number of thiazole rings is 1. The van der Waals surface area contributed by atoms with E-state index in [0.717, 1.165) is 4.88 Å². The predicted octanol–water partition coefficient (Wildman–Crippen LogP) is 1.92. The third-order valence-corrected chi connectivity index (χ3v) is 7.59. The van der Waals surface area contributed by atoms with E-state index in [9.17, 15) is 18.0 Å². The highest BCUT2D eigenvalue weighted by Gasteiger charge is 2.32. The second kappa shape index (κ2) is 7.63. The smallest absolute Gasteiger partial charge is 0.357 e. The summed E-state index contributed by atoms with van der Waals surface area (Å²) in [6.07, 6.45) is 1.07. The van der Waals surface area contributed by atoms with Gasteiger partial charge in [0.25, 0.3) is 5.91 Å². The number of ether oxygens (including phenoxy) is 1. The lowest BCUT2D eigenvalue weighted by Gasteiger charge is -2.11. The van der Waals surface area contributed by atoms with E-state index in [4.69, 9.17) is 4.74 Å². The fourth-order valence-electron chi connectivity index (χ4n) is 3.38. The van der Waals surface area contributed by atoms with Crippen LogP contribution in [-0.4, -0.2) is 53.7 Å². The number of nitrogens with zero attached hydrogens (tertiary/aromatic N) is 3. The molecule has 1 aliphatic rings. The molecule has 3 heterocycles. The number of sulfone groups is 1. The van der Waals surface area contributed by atoms with E-state index >= 15 is 0 Å². The maximum Gasteiger partial charge on any atom is 0.357 e. The standard InChI is InChI=1S/C17H22N4O5S2/c1-5-12-14(16(23)26-4)18-17(27-12)19-15(22)13-9(2)20-21(10(13)3)11-6-7-28(24,25)8-11/h11H,5-8H2,1-4H3,(H,18,19,22). The molecular weight excluding hydrogens is 404 g/mol. The molecule has 152 valence electrons. The molecule has 0 aromatic carbocycles. The van der Waals surface area contributed by atoms with Gasteiger partial charge >= 0.3 is 5.97 Å². The molecule has 1 N–H and O–H groups in total. The molecule has 3 rings (SSSR count). The molecule has 2 aromatic rings. The number of hydrogen-bond donors (Lipinski definition) is 1. The van der Waals surface area contributed by atoms with E-state index in [1.54, 1.807) is 18.5 Å². The van der Waals surface area contributed by atoms with Gasteiger partial charge in [-0.15, -0.1) is 11.3 Å². The van der Waals surface area contributed by atoms with Crippen molar-refractivity contribution in [3.05, 3.63) is 27.5 Å². The Labute approximate surface area is 167 Å². The van der Waals surface area contributed by atoms with Crippen molar-refractivity contribution in [3.63, 3.8) is 0 Å². The quantitative estimate of drug-likeness (QED) is 0.725. The van der Waals surface area contributed by atoms with Crippen LogP contribution < -0.4 is 5.32 Å². The van der Waals surface area contributed by atoms with E-state index < -0.39 is 21.7 Å². The van der Waals surface area contributed by atoms with Gasteiger partial charge in [0.2, 0.25) is 0 Å². The molecule has 1 unspecified atom stereocenters. The van der Waals surface area contributed by atoms with Crippen molar-refractivity contribution >= 4 is 38.2 Å². The van der Waals surface area contributed by atoms with Gasteiger partial charge in [-0.05, 0) is 26.7 Å². The second-order valence-corrected chi connectivity index (χ2v) is 9.95. The Kier molecular flexibility index (Phi) is 5.57. The normalized spacial score (nSPS) is 18.2. The Bertz CT molecular complexity index is 1040. The number of methoxy groups -OCH3 is 1. The zero-order valence-corrected chi connectivity index (χ0v) is 17.7. The lowest BCUT2D eigenvalue weighted by atomic mass is 10.1. The highest BCUT2D eigenvalue weighted by molar-refractivity contribution is 7.91. The summed E-state index contributed by atoms with van der Waals surface area (Å²) in [7, 11) is -1.78. The molecule has 1 atom stereocenters. The maximum absolute atomic E-state index is 12.8. The molecule has 0 aliphatic carbocycles. The number of anilines is 1. The van der Waals surface area contributed by atoms with Gasteiger partial charge in [-0.3, -0.25) is 14.8 Å². The molecule has 0 bridgehead atoms. The Balaban J connectivity index is 1.86. The minimum atomic E-state index is -3.06. The number of hydrogen-bond acceptors (Lipinski definition) is 8. The first-order valence-electron chi connectivity index (χ1n) is 8.82. The first-order valence-corrected chi connectivity index (χ1v) is 11.5. The Morgan fingerprint density at radius 1 is 1.36 bits per heavy atom. The van der Waals surface area contributed by atoms with Gasteiger partial charge in [-0.1, -0.05) is 6.92 Å². The van der Waals surface area contributed by atoms with Crippen molar-refractivity contribution < 1.29 is 22.7 Å². The van der Waals surface area contributed by atoms with Gasteiger partial charge < -0.3 is 4.74 Å². The summed E-state index contributed by atoms with van der Waals surface area (Å²) >= 11 is 1.22. The van der Waals surface area contributed by atoms with Crippen molar-refractivity contribution in [3.8, 4) is 0 Å². The molecule has 0 spiro atoms. The van der Waals surface area contributed by atoms with Gasteiger partial charge in [-0.25, -0.2) is 18.2 Å². The van der Waals surface area contributed by atoms with Crippen LogP contribution in [0.15, 0.2) is 0 Å². The largest absolute Gasteiger partial charge is 0.464 e. The number of carbonyl (C=O) groups is 2. The predicted molar refractivity (Wildman–Crippen MR) is 105 cm³/mol. The molecule has 0 saturated carbocycles. The first kappa shape index (κ1) is 20.5. The monoisotopic (exact) mass is 426 g/mol. The summed E-state index contributed by atoms with van der Waals surface area (Å²) in [4.78, 5) is 29.6. The van der Waals surface area contributed by atoms with Crippen LogP contribution in [0.5, 0.6) is 0 Å². The number of nitrogens with one attached hydrogen (secondary N) is 1. The summed E-state index contributed by atoms with van der Waals surface area (Å²) in [6.45, 7) is 5.35. The third-order valence-electron chi connectivity index (χ3n) is 4.72. The Hall–Kier alpha value is -2.27. The van der Waals surface area contributed by atoms with Gasteiger partial charge in [0.05, 0.1) is 35.9 Å².